The number of nitrogens with zero attached hydrogens (tertiary/aromatic N) is 4. The molecule has 3 heterocycles. The molecule has 4 rings (SSSR count). The lowest BCUT2D eigenvalue weighted by atomic mass is 9.77. The van der Waals surface area contributed by atoms with Crippen molar-refractivity contribution < 1.29 is 35.1 Å². The normalized spacial score (nSPS) is 22.5. The molecule has 2 aromatic rings. The molecule has 1 saturated carbocycles. The summed E-state index contributed by atoms with van der Waals surface area (Å²) >= 11 is 0. The first-order chi connectivity index (χ1) is 16.1. The number of alkyl halides is 8. The highest BCUT2D eigenvalue weighted by Crippen LogP contribution is 2.46. The SMILES string of the molecule is NC1(CC2CC(F)(F)C2)N=C(Nc2ccnc(C(F)(F)F)c2)NC(c2cccc(C(F)(F)F)n2)=N1. The molecular weight excluding hydrogens is 490 g/mol. The fraction of sp³-hybridized carbons (Fsp3) is 0.400. The minimum Gasteiger partial charge on any atom is -0.326 e. The lowest BCUT2D eigenvalue weighted by Crippen LogP contribution is -2.52. The monoisotopic (exact) mass is 507 g/mol. The highest BCUT2D eigenvalue weighted by Gasteiger charge is 2.48. The second-order valence-electron chi connectivity index (χ2n) is 8.22. The second-order valence-corrected chi connectivity index (χ2v) is 8.22. The zero-order valence-corrected chi connectivity index (χ0v) is 17.6. The van der Waals surface area contributed by atoms with Crippen LogP contribution in [0, 0.1) is 5.92 Å². The molecule has 0 aromatic carbocycles. The molecule has 1 fully saturated rings. The van der Waals surface area contributed by atoms with Gasteiger partial charge < -0.3 is 10.6 Å². The van der Waals surface area contributed by atoms with Gasteiger partial charge >= 0.3 is 12.4 Å². The van der Waals surface area contributed by atoms with Crippen LogP contribution in [0.3, 0.4) is 0 Å². The number of halogens is 8. The van der Waals surface area contributed by atoms with Crippen LogP contribution in [0.1, 0.15) is 36.3 Å². The Morgan fingerprint density at radius 1 is 1.00 bits per heavy atom. The van der Waals surface area contributed by atoms with Crippen LogP contribution in [0.15, 0.2) is 46.5 Å². The average molecular weight is 507 g/mol. The van der Waals surface area contributed by atoms with Gasteiger partial charge in [-0.15, -0.1) is 0 Å². The van der Waals surface area contributed by atoms with Gasteiger partial charge in [0.15, 0.2) is 5.84 Å². The lowest BCUT2D eigenvalue weighted by molar-refractivity contribution is -0.141. The van der Waals surface area contributed by atoms with Crippen molar-refractivity contribution in [1.29, 1.82) is 0 Å². The van der Waals surface area contributed by atoms with Gasteiger partial charge in [0.25, 0.3) is 0 Å². The summed E-state index contributed by atoms with van der Waals surface area (Å²) < 4.78 is 105. The molecule has 2 aromatic heterocycles. The Balaban J connectivity index is 1.66. The molecule has 0 radical (unpaired) electrons. The van der Waals surface area contributed by atoms with E-state index in [1.54, 1.807) is 0 Å². The smallest absolute Gasteiger partial charge is 0.326 e. The maximum Gasteiger partial charge on any atom is 0.433 e. The molecule has 15 heteroatoms. The van der Waals surface area contributed by atoms with Gasteiger partial charge in [-0.05, 0) is 30.2 Å². The predicted octanol–water partition coefficient (Wildman–Crippen LogP) is 4.38. The first-order valence-corrected chi connectivity index (χ1v) is 10.1. The molecule has 2 aliphatic rings. The number of rotatable bonds is 4. The van der Waals surface area contributed by atoms with Gasteiger partial charge in [-0.3, -0.25) is 10.7 Å². The number of amidine groups is 1. The van der Waals surface area contributed by atoms with Gasteiger partial charge in [0.1, 0.15) is 17.1 Å². The Labute approximate surface area is 192 Å². The van der Waals surface area contributed by atoms with Crippen LogP contribution < -0.4 is 16.4 Å². The quantitative estimate of drug-likeness (QED) is 0.534. The van der Waals surface area contributed by atoms with E-state index in [0.29, 0.717) is 6.07 Å². The third-order valence-electron chi connectivity index (χ3n) is 5.21. The Morgan fingerprint density at radius 3 is 2.31 bits per heavy atom. The summed E-state index contributed by atoms with van der Waals surface area (Å²) in [7, 11) is 0. The zero-order valence-electron chi connectivity index (χ0n) is 17.6. The van der Waals surface area contributed by atoms with E-state index in [0.717, 1.165) is 18.3 Å². The van der Waals surface area contributed by atoms with E-state index in [2.05, 4.69) is 30.6 Å². The highest BCUT2D eigenvalue weighted by molar-refractivity contribution is 6.13. The molecule has 4 N–H and O–H groups in total. The summed E-state index contributed by atoms with van der Waals surface area (Å²) in [6, 6.07) is 4.90. The minimum absolute atomic E-state index is 0.116. The standard InChI is InChI=1S/C20H17F8N7/c21-17(22)7-10(8-17)9-18(29)34-15(12-2-1-3-13(32-12)19(23,24)25)33-16(35-18)31-11-4-5-30-14(6-11)20(26,27)28/h1-6,10H,7-9,29H2,(H2,30,31,33,34,35). The molecule has 0 bridgehead atoms. The third-order valence-corrected chi connectivity index (χ3v) is 5.21. The van der Waals surface area contributed by atoms with Crippen molar-refractivity contribution in [2.24, 2.45) is 21.6 Å². The van der Waals surface area contributed by atoms with E-state index < -0.39 is 54.2 Å². The maximum atomic E-state index is 13.3. The molecule has 1 aliphatic carbocycles. The van der Waals surface area contributed by atoms with Gasteiger partial charge in [-0.1, -0.05) is 6.07 Å². The number of pyridine rings is 2. The molecule has 1 atom stereocenters. The minimum atomic E-state index is -4.76. The Hall–Kier alpha value is -3.36. The number of hydrogen-bond donors (Lipinski definition) is 3. The van der Waals surface area contributed by atoms with E-state index >= 15 is 0 Å². The van der Waals surface area contributed by atoms with Crippen LogP contribution in [-0.4, -0.2) is 33.5 Å². The molecule has 188 valence electrons. The average Bonchev–Trinajstić information content (AvgIpc) is 2.71. The van der Waals surface area contributed by atoms with Gasteiger partial charge in [0.05, 0.1) is 0 Å². The molecular formula is C20H17F8N7. The van der Waals surface area contributed by atoms with Gasteiger partial charge in [0, 0.05) is 31.1 Å². The van der Waals surface area contributed by atoms with Crippen molar-refractivity contribution >= 4 is 17.5 Å². The summed E-state index contributed by atoms with van der Waals surface area (Å²) in [5, 5.41) is 5.12. The van der Waals surface area contributed by atoms with Crippen molar-refractivity contribution in [2.75, 3.05) is 5.32 Å². The molecule has 1 unspecified atom stereocenters. The van der Waals surface area contributed by atoms with Crippen molar-refractivity contribution in [2.45, 2.75) is 43.3 Å². The van der Waals surface area contributed by atoms with Gasteiger partial charge in [-0.25, -0.2) is 23.7 Å². The topological polar surface area (TPSA) is 101 Å². The maximum absolute atomic E-state index is 13.3. The van der Waals surface area contributed by atoms with Crippen molar-refractivity contribution in [1.82, 2.24) is 15.3 Å². The number of nitrogens with one attached hydrogen (secondary N) is 2. The Kier molecular flexibility index (Phi) is 5.93. The number of aromatic nitrogens is 2. The molecule has 35 heavy (non-hydrogen) atoms. The van der Waals surface area contributed by atoms with Gasteiger partial charge in [0.2, 0.25) is 17.7 Å². The summed E-state index contributed by atoms with van der Waals surface area (Å²) in [4.78, 5) is 15.0. The number of aliphatic imine (C=N–C) groups is 2. The van der Waals surface area contributed by atoms with E-state index in [1.807, 2.05) is 0 Å². The first-order valence-electron chi connectivity index (χ1n) is 10.1. The van der Waals surface area contributed by atoms with Crippen molar-refractivity contribution in [3.05, 3.63) is 53.6 Å². The second kappa shape index (κ2) is 8.39. The van der Waals surface area contributed by atoms with E-state index in [9.17, 15) is 35.1 Å². The fourth-order valence-electron chi connectivity index (χ4n) is 3.73. The fourth-order valence-corrected chi connectivity index (χ4v) is 3.73. The van der Waals surface area contributed by atoms with Crippen LogP contribution in [-0.2, 0) is 12.4 Å². The lowest BCUT2D eigenvalue weighted by Gasteiger charge is -2.39. The number of hydrogen-bond acceptors (Lipinski definition) is 7. The molecule has 1 aliphatic heterocycles. The van der Waals surface area contributed by atoms with Crippen LogP contribution in [0.5, 0.6) is 0 Å². The molecule has 0 spiro atoms. The third kappa shape index (κ3) is 5.83. The van der Waals surface area contributed by atoms with E-state index in [4.69, 9.17) is 5.73 Å². The van der Waals surface area contributed by atoms with Crippen LogP contribution >= 0.6 is 0 Å². The summed E-state index contributed by atoms with van der Waals surface area (Å²) in [6.07, 6.45) is -9.72. The van der Waals surface area contributed by atoms with Crippen LogP contribution in [0.4, 0.5) is 40.8 Å². The molecule has 0 saturated heterocycles. The van der Waals surface area contributed by atoms with Gasteiger partial charge in [-0.2, -0.15) is 26.3 Å². The summed E-state index contributed by atoms with van der Waals surface area (Å²) in [6.45, 7) is 0. The summed E-state index contributed by atoms with van der Waals surface area (Å²) in [5.74, 6) is -5.86. The zero-order chi connectivity index (χ0) is 25.6. The predicted molar refractivity (Wildman–Crippen MR) is 108 cm³/mol. The number of anilines is 1. The van der Waals surface area contributed by atoms with Crippen LogP contribution in [0.2, 0.25) is 0 Å². The van der Waals surface area contributed by atoms with Crippen molar-refractivity contribution in [3.8, 4) is 0 Å². The largest absolute Gasteiger partial charge is 0.433 e. The number of guanidine groups is 1. The Morgan fingerprint density at radius 2 is 1.69 bits per heavy atom. The molecule has 0 amide bonds. The summed E-state index contributed by atoms with van der Waals surface area (Å²) in [5.41, 5.74) is 3.38. The first kappa shape index (κ1) is 24.8. The highest BCUT2D eigenvalue weighted by atomic mass is 19.4. The molecule has 7 nitrogen and oxygen atoms in total. The van der Waals surface area contributed by atoms with Crippen LogP contribution in [0.25, 0.3) is 0 Å². The van der Waals surface area contributed by atoms with E-state index in [1.165, 1.54) is 12.1 Å². The van der Waals surface area contributed by atoms with Crippen molar-refractivity contribution in [3.63, 3.8) is 0 Å². The Bertz CT molecular complexity index is 1170. The number of nitrogens with two attached hydrogens (primary N) is 1. The van der Waals surface area contributed by atoms with E-state index in [-0.39, 0.29) is 29.6 Å².